The van der Waals surface area contributed by atoms with Crippen LogP contribution in [0.3, 0.4) is 0 Å². The van der Waals surface area contributed by atoms with Crippen LogP contribution in [0.15, 0.2) is 53.1 Å². The normalized spacial score (nSPS) is 18.5. The molecule has 176 valence electrons. The van der Waals surface area contributed by atoms with E-state index in [0.29, 0.717) is 29.0 Å². The molecule has 5 rings (SSSR count). The predicted molar refractivity (Wildman–Crippen MR) is 143 cm³/mol. The number of hydrogen-bond donors (Lipinski definition) is 2. The molecule has 1 aliphatic carbocycles. The maximum Gasteiger partial charge on any atom is 0.252 e. The van der Waals surface area contributed by atoms with Gasteiger partial charge in [0.15, 0.2) is 0 Å². The maximum atomic E-state index is 13.4. The largest absolute Gasteiger partial charge is 0.352 e. The van der Waals surface area contributed by atoms with Crippen molar-refractivity contribution in [3.05, 3.63) is 63.7 Å². The van der Waals surface area contributed by atoms with E-state index in [-0.39, 0.29) is 5.91 Å². The molecule has 2 aromatic carbocycles. The number of pyridine rings is 1. The molecule has 0 unspecified atom stereocenters. The Morgan fingerprint density at radius 3 is 2.65 bits per heavy atom. The van der Waals surface area contributed by atoms with E-state index in [1.807, 2.05) is 37.4 Å². The highest BCUT2D eigenvalue weighted by Gasteiger charge is 2.22. The second-order valence-corrected chi connectivity index (χ2v) is 10.7. The fourth-order valence-electron chi connectivity index (χ4n) is 5.10. The quantitative estimate of drug-likeness (QED) is 0.312. The van der Waals surface area contributed by atoms with Crippen molar-refractivity contribution >= 4 is 55.2 Å². The first kappa shape index (κ1) is 23.3. The van der Waals surface area contributed by atoms with Gasteiger partial charge in [0.2, 0.25) is 0 Å². The summed E-state index contributed by atoms with van der Waals surface area (Å²) in [6.07, 6.45) is 6.58. The maximum absolute atomic E-state index is 13.4. The van der Waals surface area contributed by atoms with Gasteiger partial charge in [-0.2, -0.15) is 0 Å². The molecular formula is C27H28BrClN4O. The standard InChI is InChI=1S/C27H28BrClN4O/c1-33-15-23(21-10-18(28)6-9-26(21)33)25-12-22(20-11-19(29)7-8-24(20)32-25)27(34)31-14-17-4-2-16(13-30)3-5-17/h6-12,15-17H,2-5,13-14,30H2,1H3,(H,31,34). The van der Waals surface area contributed by atoms with Crippen LogP contribution in [0.5, 0.6) is 0 Å². The van der Waals surface area contributed by atoms with E-state index in [1.54, 1.807) is 0 Å². The van der Waals surface area contributed by atoms with E-state index in [0.717, 1.165) is 69.8 Å². The smallest absolute Gasteiger partial charge is 0.252 e. The Bertz CT molecular complexity index is 1370. The minimum absolute atomic E-state index is 0.0849. The second-order valence-electron chi connectivity index (χ2n) is 9.36. The predicted octanol–water partition coefficient (Wildman–Crippen LogP) is 6.30. The van der Waals surface area contributed by atoms with Crippen LogP contribution >= 0.6 is 27.5 Å². The lowest BCUT2D eigenvalue weighted by molar-refractivity contribution is 0.0943. The van der Waals surface area contributed by atoms with Crippen molar-refractivity contribution in [1.82, 2.24) is 14.9 Å². The fraction of sp³-hybridized carbons (Fsp3) is 0.333. The van der Waals surface area contributed by atoms with E-state index < -0.39 is 0 Å². The van der Waals surface area contributed by atoms with Gasteiger partial charge in [0, 0.05) is 51.1 Å². The second kappa shape index (κ2) is 9.68. The molecule has 0 atom stereocenters. The summed E-state index contributed by atoms with van der Waals surface area (Å²) in [5.74, 6) is 1.04. The van der Waals surface area contributed by atoms with Gasteiger partial charge in [0.25, 0.3) is 5.91 Å². The number of carbonyl (C=O) groups excluding carboxylic acids is 1. The number of amides is 1. The van der Waals surface area contributed by atoms with E-state index in [2.05, 4.69) is 44.1 Å². The highest BCUT2D eigenvalue weighted by atomic mass is 79.9. The minimum atomic E-state index is -0.0849. The molecule has 1 aliphatic rings. The van der Waals surface area contributed by atoms with Crippen LogP contribution in [0.25, 0.3) is 33.1 Å². The minimum Gasteiger partial charge on any atom is -0.352 e. The average molecular weight is 540 g/mol. The van der Waals surface area contributed by atoms with Crippen LogP contribution < -0.4 is 11.1 Å². The van der Waals surface area contributed by atoms with Gasteiger partial charge in [-0.15, -0.1) is 0 Å². The van der Waals surface area contributed by atoms with Crippen LogP contribution in [-0.2, 0) is 7.05 Å². The Kier molecular flexibility index (Phi) is 6.65. The van der Waals surface area contributed by atoms with Gasteiger partial charge in [-0.1, -0.05) is 27.5 Å². The molecule has 3 N–H and O–H groups in total. The summed E-state index contributed by atoms with van der Waals surface area (Å²) in [5.41, 5.74) is 10.0. The number of carbonyl (C=O) groups is 1. The van der Waals surface area contributed by atoms with Crippen LogP contribution in [0, 0.1) is 11.8 Å². The number of nitrogens with one attached hydrogen (secondary N) is 1. The van der Waals surface area contributed by atoms with Gasteiger partial charge < -0.3 is 15.6 Å². The number of nitrogens with two attached hydrogens (primary N) is 1. The highest BCUT2D eigenvalue weighted by molar-refractivity contribution is 9.10. The summed E-state index contributed by atoms with van der Waals surface area (Å²) >= 11 is 9.88. The van der Waals surface area contributed by atoms with Crippen LogP contribution in [0.1, 0.15) is 36.0 Å². The first-order valence-corrected chi connectivity index (χ1v) is 12.9. The SMILES string of the molecule is Cn1cc(-c2cc(C(=O)NCC3CCC(CN)CC3)c3cc(Cl)ccc3n2)c2cc(Br)ccc21. The van der Waals surface area contributed by atoms with Gasteiger partial charge >= 0.3 is 0 Å². The summed E-state index contributed by atoms with van der Waals surface area (Å²) < 4.78 is 3.09. The van der Waals surface area contributed by atoms with E-state index in [4.69, 9.17) is 22.3 Å². The Morgan fingerprint density at radius 2 is 1.88 bits per heavy atom. The van der Waals surface area contributed by atoms with Crippen molar-refractivity contribution in [2.24, 2.45) is 24.6 Å². The zero-order valence-electron chi connectivity index (χ0n) is 19.2. The van der Waals surface area contributed by atoms with Crippen molar-refractivity contribution in [2.45, 2.75) is 25.7 Å². The Hall–Kier alpha value is -2.41. The van der Waals surface area contributed by atoms with Gasteiger partial charge in [-0.3, -0.25) is 4.79 Å². The third-order valence-electron chi connectivity index (χ3n) is 7.09. The lowest BCUT2D eigenvalue weighted by atomic mass is 9.82. The molecule has 5 nitrogen and oxygen atoms in total. The number of aryl methyl sites for hydroxylation is 1. The van der Waals surface area contributed by atoms with E-state index >= 15 is 0 Å². The first-order chi connectivity index (χ1) is 16.4. The van der Waals surface area contributed by atoms with Crippen molar-refractivity contribution in [2.75, 3.05) is 13.1 Å². The van der Waals surface area contributed by atoms with Gasteiger partial charge in [-0.25, -0.2) is 4.98 Å². The van der Waals surface area contributed by atoms with Crippen molar-refractivity contribution < 1.29 is 4.79 Å². The number of fused-ring (bicyclic) bond motifs is 2. The van der Waals surface area contributed by atoms with Gasteiger partial charge in [-0.05, 0) is 86.5 Å². The molecule has 1 fully saturated rings. The molecular weight excluding hydrogens is 512 g/mol. The number of benzene rings is 2. The number of halogens is 2. The third kappa shape index (κ3) is 4.59. The molecule has 1 saturated carbocycles. The lowest BCUT2D eigenvalue weighted by Gasteiger charge is -2.27. The third-order valence-corrected chi connectivity index (χ3v) is 7.82. The zero-order chi connectivity index (χ0) is 23.8. The Labute approximate surface area is 212 Å². The number of hydrogen-bond acceptors (Lipinski definition) is 3. The number of rotatable bonds is 5. The lowest BCUT2D eigenvalue weighted by Crippen LogP contribution is -2.32. The Balaban J connectivity index is 1.51. The summed E-state index contributed by atoms with van der Waals surface area (Å²) in [6, 6.07) is 13.6. The molecule has 0 radical (unpaired) electrons. The first-order valence-electron chi connectivity index (χ1n) is 11.8. The molecule has 2 heterocycles. The Morgan fingerprint density at radius 1 is 1.12 bits per heavy atom. The van der Waals surface area contributed by atoms with Gasteiger partial charge in [0.05, 0.1) is 16.8 Å². The van der Waals surface area contributed by atoms with Crippen LogP contribution in [0.2, 0.25) is 5.02 Å². The summed E-state index contributed by atoms with van der Waals surface area (Å²) in [6.45, 7) is 1.44. The molecule has 0 aliphatic heterocycles. The van der Waals surface area contributed by atoms with E-state index in [9.17, 15) is 4.79 Å². The molecule has 0 spiro atoms. The van der Waals surface area contributed by atoms with Crippen molar-refractivity contribution in [3.8, 4) is 11.3 Å². The molecule has 4 aromatic rings. The van der Waals surface area contributed by atoms with Crippen LogP contribution in [-0.4, -0.2) is 28.5 Å². The summed E-state index contributed by atoms with van der Waals surface area (Å²) in [5, 5.41) is 5.63. The van der Waals surface area contributed by atoms with Crippen molar-refractivity contribution in [1.29, 1.82) is 0 Å². The zero-order valence-corrected chi connectivity index (χ0v) is 21.5. The summed E-state index contributed by atoms with van der Waals surface area (Å²) in [4.78, 5) is 18.3. The van der Waals surface area contributed by atoms with Crippen molar-refractivity contribution in [3.63, 3.8) is 0 Å². The van der Waals surface area contributed by atoms with Gasteiger partial charge in [0.1, 0.15) is 0 Å². The van der Waals surface area contributed by atoms with E-state index in [1.165, 1.54) is 0 Å². The molecule has 1 amide bonds. The topological polar surface area (TPSA) is 72.9 Å². The number of nitrogens with zero attached hydrogens (tertiary/aromatic N) is 2. The van der Waals surface area contributed by atoms with Crippen LogP contribution in [0.4, 0.5) is 0 Å². The monoisotopic (exact) mass is 538 g/mol. The fourth-order valence-corrected chi connectivity index (χ4v) is 5.63. The summed E-state index contributed by atoms with van der Waals surface area (Å²) in [7, 11) is 2.02. The average Bonchev–Trinajstić information content (AvgIpc) is 3.17. The molecule has 2 aromatic heterocycles. The molecule has 34 heavy (non-hydrogen) atoms. The molecule has 0 bridgehead atoms. The molecule has 7 heteroatoms. The highest BCUT2D eigenvalue weighted by Crippen LogP contribution is 2.34. The number of aromatic nitrogens is 2. The molecule has 0 saturated heterocycles.